The van der Waals surface area contributed by atoms with Crippen molar-refractivity contribution in [2.24, 2.45) is 0 Å². The Morgan fingerprint density at radius 1 is 1.02 bits per heavy atom. The number of hydrogen-bond donors (Lipinski definition) is 1. The minimum Gasteiger partial charge on any atom is -0.441 e. The fourth-order valence-electron chi connectivity index (χ4n) is 6.66. The molecule has 5 aromatic rings. The van der Waals surface area contributed by atoms with E-state index in [9.17, 15) is 18.0 Å². The third-order valence-electron chi connectivity index (χ3n) is 8.84. The van der Waals surface area contributed by atoms with Gasteiger partial charge < -0.3 is 19.0 Å². The Morgan fingerprint density at radius 2 is 1.77 bits per heavy atom. The SMILES string of the molecule is Cc1oc(-c2cccc(C(F)(F)F)c2)nc1Cn1c(C)c(C(=O)[C@@H]2OC3(CCNCC3)c3ccccc32)c2ccccc21. The van der Waals surface area contributed by atoms with E-state index in [2.05, 4.69) is 16.4 Å². The van der Waals surface area contributed by atoms with Crippen LogP contribution in [0.3, 0.4) is 0 Å². The number of nitrogens with zero attached hydrogens (tertiary/aromatic N) is 2. The molecule has 1 N–H and O–H groups in total. The van der Waals surface area contributed by atoms with Crippen molar-refractivity contribution in [1.29, 1.82) is 0 Å². The van der Waals surface area contributed by atoms with E-state index in [4.69, 9.17) is 9.15 Å². The normalized spacial score (nSPS) is 17.9. The van der Waals surface area contributed by atoms with Gasteiger partial charge in [0, 0.05) is 27.7 Å². The molecule has 1 saturated heterocycles. The highest BCUT2D eigenvalue weighted by Gasteiger charge is 2.48. The number of alkyl halides is 3. The summed E-state index contributed by atoms with van der Waals surface area (Å²) in [4.78, 5) is 19.0. The van der Waals surface area contributed by atoms with Crippen LogP contribution in [0.25, 0.3) is 22.4 Å². The van der Waals surface area contributed by atoms with Gasteiger partial charge in [-0.3, -0.25) is 4.79 Å². The largest absolute Gasteiger partial charge is 0.441 e. The Kier molecular flexibility index (Phi) is 6.55. The number of piperidine rings is 1. The number of hydrogen-bond acceptors (Lipinski definition) is 5. The molecule has 0 bridgehead atoms. The molecule has 2 aromatic heterocycles. The number of ether oxygens (including phenoxy) is 1. The Labute approximate surface area is 246 Å². The van der Waals surface area contributed by atoms with Gasteiger partial charge in [-0.2, -0.15) is 13.2 Å². The van der Waals surface area contributed by atoms with Crippen LogP contribution in [0.1, 0.15) is 63.1 Å². The molecule has 43 heavy (non-hydrogen) atoms. The topological polar surface area (TPSA) is 69.3 Å². The number of Topliss-reactive ketones (excluding diaryl/α,β-unsaturated/α-hetero) is 1. The first-order valence-corrected chi connectivity index (χ1v) is 14.4. The van der Waals surface area contributed by atoms with E-state index in [0.29, 0.717) is 17.0 Å². The third kappa shape index (κ3) is 4.58. The number of carbonyl (C=O) groups is 1. The number of benzene rings is 3. The molecule has 0 unspecified atom stereocenters. The fourth-order valence-corrected chi connectivity index (χ4v) is 6.66. The first-order chi connectivity index (χ1) is 20.7. The van der Waals surface area contributed by atoms with Crippen molar-refractivity contribution in [3.63, 3.8) is 0 Å². The summed E-state index contributed by atoms with van der Waals surface area (Å²) in [5, 5.41) is 4.21. The maximum Gasteiger partial charge on any atom is 0.416 e. The van der Waals surface area contributed by atoms with Crippen LogP contribution in [0.4, 0.5) is 13.2 Å². The molecule has 4 heterocycles. The number of carbonyl (C=O) groups excluding carboxylic acids is 1. The van der Waals surface area contributed by atoms with E-state index in [1.807, 2.05) is 54.0 Å². The Balaban J connectivity index is 1.26. The minimum absolute atomic E-state index is 0.0863. The van der Waals surface area contributed by atoms with Gasteiger partial charge in [-0.05, 0) is 75.2 Å². The lowest BCUT2D eigenvalue weighted by Crippen LogP contribution is -2.40. The molecule has 9 heteroatoms. The molecule has 1 spiro atoms. The van der Waals surface area contributed by atoms with Crippen LogP contribution in [0.2, 0.25) is 0 Å². The monoisotopic (exact) mass is 585 g/mol. The quantitative estimate of drug-likeness (QED) is 0.216. The summed E-state index contributed by atoms with van der Waals surface area (Å²) in [6.07, 6.45) is -3.59. The number of aromatic nitrogens is 2. The highest BCUT2D eigenvalue weighted by Crippen LogP contribution is 2.50. The molecule has 0 aliphatic carbocycles. The van der Waals surface area contributed by atoms with Crippen molar-refractivity contribution in [2.45, 2.75) is 51.1 Å². The summed E-state index contributed by atoms with van der Waals surface area (Å²) in [6.45, 7) is 5.59. The first kappa shape index (κ1) is 27.6. The summed E-state index contributed by atoms with van der Waals surface area (Å²) >= 11 is 0. The van der Waals surface area contributed by atoms with E-state index in [0.717, 1.165) is 65.8 Å². The number of rotatable bonds is 5. The lowest BCUT2D eigenvalue weighted by molar-refractivity contribution is -0.137. The second-order valence-electron chi connectivity index (χ2n) is 11.4. The van der Waals surface area contributed by atoms with Crippen molar-refractivity contribution in [2.75, 3.05) is 13.1 Å². The van der Waals surface area contributed by atoms with Gasteiger partial charge in [0.05, 0.1) is 17.7 Å². The smallest absolute Gasteiger partial charge is 0.416 e. The van der Waals surface area contributed by atoms with E-state index in [1.54, 1.807) is 13.0 Å². The molecule has 1 atom stereocenters. The molecular weight excluding hydrogens is 555 g/mol. The average Bonchev–Trinajstić information content (AvgIpc) is 3.63. The van der Waals surface area contributed by atoms with E-state index < -0.39 is 23.4 Å². The van der Waals surface area contributed by atoms with Crippen LogP contribution in [0, 0.1) is 13.8 Å². The number of ketones is 1. The van der Waals surface area contributed by atoms with Crippen molar-refractivity contribution in [3.8, 4) is 11.5 Å². The van der Waals surface area contributed by atoms with Gasteiger partial charge in [0.25, 0.3) is 0 Å². The fraction of sp³-hybridized carbons (Fsp3) is 0.294. The number of aryl methyl sites for hydroxylation is 1. The van der Waals surface area contributed by atoms with Crippen LogP contribution >= 0.6 is 0 Å². The lowest BCUT2D eigenvalue weighted by atomic mass is 9.83. The van der Waals surface area contributed by atoms with Crippen LogP contribution in [-0.2, 0) is 23.1 Å². The Bertz CT molecular complexity index is 1860. The highest BCUT2D eigenvalue weighted by atomic mass is 19.4. The molecule has 7 rings (SSSR count). The minimum atomic E-state index is -4.47. The highest BCUT2D eigenvalue weighted by molar-refractivity contribution is 6.12. The van der Waals surface area contributed by atoms with Gasteiger partial charge in [-0.15, -0.1) is 0 Å². The second kappa shape index (κ2) is 10.2. The second-order valence-corrected chi connectivity index (χ2v) is 11.4. The number of para-hydroxylation sites is 1. The zero-order valence-electron chi connectivity index (χ0n) is 23.8. The lowest BCUT2D eigenvalue weighted by Gasteiger charge is -2.34. The number of nitrogens with one attached hydrogen (secondary N) is 1. The Hall–Kier alpha value is -4.21. The third-order valence-corrected chi connectivity index (χ3v) is 8.84. The van der Waals surface area contributed by atoms with Crippen LogP contribution in [0.15, 0.2) is 77.2 Å². The van der Waals surface area contributed by atoms with Crippen LogP contribution in [0.5, 0.6) is 0 Å². The van der Waals surface area contributed by atoms with Gasteiger partial charge >= 0.3 is 6.18 Å². The van der Waals surface area contributed by atoms with Gasteiger partial charge in [0.2, 0.25) is 5.89 Å². The molecule has 2 aliphatic heterocycles. The summed E-state index contributed by atoms with van der Waals surface area (Å²) < 4.78 is 54.5. The van der Waals surface area contributed by atoms with Crippen molar-refractivity contribution >= 4 is 16.7 Å². The molecule has 0 amide bonds. The predicted molar refractivity (Wildman–Crippen MR) is 156 cm³/mol. The van der Waals surface area contributed by atoms with Crippen LogP contribution < -0.4 is 5.32 Å². The first-order valence-electron chi connectivity index (χ1n) is 14.4. The molecule has 2 aliphatic rings. The molecule has 220 valence electrons. The standard InChI is InChI=1S/C34H30F3N3O3/c1-20-29(30(41)31-24-10-3-5-12-26(24)33(43-31)14-16-38-17-15-33)25-11-4-6-13-28(25)40(20)19-27-21(2)42-32(39-27)22-8-7-9-23(18-22)34(35,36)37/h3-13,18,31,38H,14-17,19H2,1-2H3/t31-/m1/s1. The molecule has 0 saturated carbocycles. The van der Waals surface area contributed by atoms with Gasteiger partial charge in [-0.1, -0.05) is 48.5 Å². The summed E-state index contributed by atoms with van der Waals surface area (Å²) in [5.74, 6) is 0.530. The van der Waals surface area contributed by atoms with Gasteiger partial charge in [0.1, 0.15) is 17.6 Å². The molecular formula is C34H30F3N3O3. The maximum absolute atomic E-state index is 14.4. The van der Waals surface area contributed by atoms with Gasteiger partial charge in [-0.25, -0.2) is 4.98 Å². The molecule has 3 aromatic carbocycles. The number of fused-ring (bicyclic) bond motifs is 3. The summed E-state index contributed by atoms with van der Waals surface area (Å²) in [5.41, 5.74) is 3.81. The van der Waals surface area contributed by atoms with Gasteiger partial charge in [0.15, 0.2) is 5.78 Å². The van der Waals surface area contributed by atoms with Crippen molar-refractivity contribution < 1.29 is 27.1 Å². The maximum atomic E-state index is 14.4. The zero-order chi connectivity index (χ0) is 29.9. The summed E-state index contributed by atoms with van der Waals surface area (Å²) in [7, 11) is 0. The number of halogens is 3. The number of oxazole rings is 1. The molecule has 1 fully saturated rings. The van der Waals surface area contributed by atoms with E-state index in [-0.39, 0.29) is 23.8 Å². The zero-order valence-corrected chi connectivity index (χ0v) is 23.8. The summed E-state index contributed by atoms with van der Waals surface area (Å²) in [6, 6.07) is 20.7. The van der Waals surface area contributed by atoms with Crippen molar-refractivity contribution in [1.82, 2.24) is 14.9 Å². The molecule has 6 nitrogen and oxygen atoms in total. The average molecular weight is 586 g/mol. The Morgan fingerprint density at radius 3 is 2.56 bits per heavy atom. The van der Waals surface area contributed by atoms with Crippen molar-refractivity contribution in [3.05, 3.63) is 112 Å². The molecule has 0 radical (unpaired) electrons. The predicted octanol–water partition coefficient (Wildman–Crippen LogP) is 7.51. The van der Waals surface area contributed by atoms with E-state index >= 15 is 0 Å². The van der Waals surface area contributed by atoms with Crippen LogP contribution in [-0.4, -0.2) is 28.4 Å². The van der Waals surface area contributed by atoms with E-state index in [1.165, 1.54) is 6.07 Å².